The van der Waals surface area contributed by atoms with Gasteiger partial charge in [-0.25, -0.2) is 4.79 Å². The van der Waals surface area contributed by atoms with Gasteiger partial charge in [0.25, 0.3) is 0 Å². The van der Waals surface area contributed by atoms with E-state index in [0.717, 1.165) is 53.8 Å². The summed E-state index contributed by atoms with van der Waals surface area (Å²) in [6, 6.07) is 10.5. The molecular weight excluding hydrogens is 352 g/mol. The van der Waals surface area contributed by atoms with Crippen molar-refractivity contribution >= 4 is 16.9 Å². The van der Waals surface area contributed by atoms with Gasteiger partial charge in [-0.3, -0.25) is 4.98 Å². The number of hydrogen-bond acceptors (Lipinski definition) is 4. The van der Waals surface area contributed by atoms with Crippen LogP contribution in [0.25, 0.3) is 22.0 Å². The number of carbonyl (C=O) groups is 1. The van der Waals surface area contributed by atoms with Gasteiger partial charge in [-0.15, -0.1) is 0 Å². The third-order valence-corrected chi connectivity index (χ3v) is 5.99. The molecule has 4 rings (SSSR count). The number of fused-ring (bicyclic) bond motifs is 1. The van der Waals surface area contributed by atoms with E-state index in [1.165, 1.54) is 7.11 Å². The summed E-state index contributed by atoms with van der Waals surface area (Å²) in [5.74, 6) is 0.241. The van der Waals surface area contributed by atoms with Gasteiger partial charge in [0.05, 0.1) is 12.7 Å². The molecule has 3 aromatic rings. The molecular formula is C23H26N2O3. The second kappa shape index (κ2) is 7.76. The number of hydrogen-bond donors (Lipinski definition) is 0. The number of benzene rings is 1. The van der Waals surface area contributed by atoms with Crippen LogP contribution in [0.2, 0.25) is 0 Å². The Hall–Kier alpha value is -2.66. The minimum absolute atomic E-state index is 0.272. The predicted molar refractivity (Wildman–Crippen MR) is 109 cm³/mol. The SMILES string of the molecule is COC(=O)c1c(C)n(C(C)C2CCOCC2)c2cc(-c3cccnc3)ccc12. The second-order valence-electron chi connectivity index (χ2n) is 7.49. The van der Waals surface area contributed by atoms with Gasteiger partial charge in [-0.1, -0.05) is 18.2 Å². The highest BCUT2D eigenvalue weighted by Gasteiger charge is 2.28. The fourth-order valence-electron chi connectivity index (χ4n) is 4.45. The molecule has 1 aliphatic rings. The van der Waals surface area contributed by atoms with Gasteiger partial charge in [0.15, 0.2) is 0 Å². The fraction of sp³-hybridized carbons (Fsp3) is 0.391. The van der Waals surface area contributed by atoms with E-state index in [0.29, 0.717) is 11.5 Å². The average Bonchev–Trinajstić information content (AvgIpc) is 3.05. The Kier molecular flexibility index (Phi) is 5.18. The lowest BCUT2D eigenvalue weighted by atomic mass is 9.92. The first-order valence-corrected chi connectivity index (χ1v) is 9.82. The van der Waals surface area contributed by atoms with Crippen molar-refractivity contribution in [3.63, 3.8) is 0 Å². The van der Waals surface area contributed by atoms with Crippen LogP contribution < -0.4 is 0 Å². The monoisotopic (exact) mass is 378 g/mol. The molecule has 1 fully saturated rings. The van der Waals surface area contributed by atoms with Crippen LogP contribution in [0.3, 0.4) is 0 Å². The van der Waals surface area contributed by atoms with E-state index >= 15 is 0 Å². The molecule has 0 N–H and O–H groups in total. The molecule has 2 aromatic heterocycles. The zero-order valence-corrected chi connectivity index (χ0v) is 16.6. The lowest BCUT2D eigenvalue weighted by Crippen LogP contribution is -2.24. The molecule has 0 amide bonds. The van der Waals surface area contributed by atoms with Gasteiger partial charge >= 0.3 is 5.97 Å². The van der Waals surface area contributed by atoms with Crippen LogP contribution in [0.1, 0.15) is 41.9 Å². The number of rotatable bonds is 4. The van der Waals surface area contributed by atoms with Crippen molar-refractivity contribution in [2.45, 2.75) is 32.7 Å². The highest BCUT2D eigenvalue weighted by atomic mass is 16.5. The van der Waals surface area contributed by atoms with Gasteiger partial charge in [0.2, 0.25) is 0 Å². The number of aromatic nitrogens is 2. The molecule has 0 saturated carbocycles. The fourth-order valence-corrected chi connectivity index (χ4v) is 4.45. The van der Waals surface area contributed by atoms with Gasteiger partial charge < -0.3 is 14.0 Å². The number of carbonyl (C=O) groups excluding carboxylic acids is 1. The topological polar surface area (TPSA) is 53.4 Å². The Morgan fingerprint density at radius 3 is 2.71 bits per heavy atom. The van der Waals surface area contributed by atoms with Crippen LogP contribution in [0.4, 0.5) is 0 Å². The summed E-state index contributed by atoms with van der Waals surface area (Å²) in [6.45, 7) is 5.88. The Balaban J connectivity index is 1.90. The van der Waals surface area contributed by atoms with Crippen molar-refractivity contribution in [1.29, 1.82) is 0 Å². The number of methoxy groups -OCH3 is 1. The molecule has 146 valence electrons. The van der Waals surface area contributed by atoms with E-state index in [9.17, 15) is 4.79 Å². The first-order valence-electron chi connectivity index (χ1n) is 9.82. The molecule has 1 atom stereocenters. The van der Waals surface area contributed by atoms with Gasteiger partial charge in [0.1, 0.15) is 0 Å². The summed E-state index contributed by atoms with van der Waals surface area (Å²) in [6.07, 6.45) is 5.72. The van der Waals surface area contributed by atoms with E-state index in [1.54, 1.807) is 6.20 Å². The summed E-state index contributed by atoms with van der Waals surface area (Å²) in [5, 5.41) is 0.941. The second-order valence-corrected chi connectivity index (χ2v) is 7.49. The Morgan fingerprint density at radius 2 is 2.04 bits per heavy atom. The lowest BCUT2D eigenvalue weighted by Gasteiger charge is -2.30. The highest BCUT2D eigenvalue weighted by Crippen LogP contribution is 2.37. The molecule has 1 aromatic carbocycles. The van der Waals surface area contributed by atoms with Gasteiger partial charge in [-0.2, -0.15) is 0 Å². The molecule has 5 heteroatoms. The summed E-state index contributed by atoms with van der Waals surface area (Å²) < 4.78 is 13.0. The van der Waals surface area contributed by atoms with Crippen molar-refractivity contribution in [2.24, 2.45) is 5.92 Å². The Morgan fingerprint density at radius 1 is 1.25 bits per heavy atom. The normalized spacial score (nSPS) is 16.2. The largest absolute Gasteiger partial charge is 0.465 e. The van der Waals surface area contributed by atoms with Crippen molar-refractivity contribution in [2.75, 3.05) is 20.3 Å². The smallest absolute Gasteiger partial charge is 0.340 e. The molecule has 1 saturated heterocycles. The van der Waals surface area contributed by atoms with Crippen molar-refractivity contribution in [3.05, 3.63) is 54.0 Å². The maximum atomic E-state index is 12.5. The predicted octanol–water partition coefficient (Wildman–Crippen LogP) is 4.79. The van der Waals surface area contributed by atoms with E-state index in [2.05, 4.69) is 34.7 Å². The minimum atomic E-state index is -0.283. The summed E-state index contributed by atoms with van der Waals surface area (Å²) in [7, 11) is 1.44. The number of ether oxygens (including phenoxy) is 2. The van der Waals surface area contributed by atoms with Crippen molar-refractivity contribution in [1.82, 2.24) is 9.55 Å². The molecule has 0 aliphatic carbocycles. The van der Waals surface area contributed by atoms with Crippen LogP contribution in [0.15, 0.2) is 42.7 Å². The maximum Gasteiger partial charge on any atom is 0.340 e. The Labute approximate surface area is 165 Å². The number of pyridine rings is 1. The molecule has 1 unspecified atom stereocenters. The molecule has 0 spiro atoms. The summed E-state index contributed by atoms with van der Waals surface area (Å²) in [5.41, 5.74) is 4.85. The molecule has 3 heterocycles. The quantitative estimate of drug-likeness (QED) is 0.613. The maximum absolute atomic E-state index is 12.5. The van der Waals surface area contributed by atoms with Gasteiger partial charge in [-0.05, 0) is 50.3 Å². The first-order chi connectivity index (χ1) is 13.6. The van der Waals surface area contributed by atoms with Crippen LogP contribution in [0, 0.1) is 12.8 Å². The molecule has 1 aliphatic heterocycles. The van der Waals surface area contributed by atoms with Crippen LogP contribution in [0.5, 0.6) is 0 Å². The summed E-state index contributed by atoms with van der Waals surface area (Å²) in [4.78, 5) is 16.8. The third kappa shape index (κ3) is 3.20. The van der Waals surface area contributed by atoms with Gasteiger partial charge in [0, 0.05) is 53.8 Å². The minimum Gasteiger partial charge on any atom is -0.465 e. The third-order valence-electron chi connectivity index (χ3n) is 5.99. The van der Waals surface area contributed by atoms with Crippen LogP contribution in [-0.2, 0) is 9.47 Å². The van der Waals surface area contributed by atoms with Crippen molar-refractivity contribution in [3.8, 4) is 11.1 Å². The Bertz CT molecular complexity index is 988. The average molecular weight is 378 g/mol. The van der Waals surface area contributed by atoms with Crippen LogP contribution >= 0.6 is 0 Å². The number of nitrogens with zero attached hydrogens (tertiary/aromatic N) is 2. The summed E-state index contributed by atoms with van der Waals surface area (Å²) >= 11 is 0. The highest BCUT2D eigenvalue weighted by molar-refractivity contribution is 6.06. The lowest BCUT2D eigenvalue weighted by molar-refractivity contribution is 0.0514. The first kappa shape index (κ1) is 18.7. The molecule has 5 nitrogen and oxygen atoms in total. The molecule has 0 bridgehead atoms. The zero-order chi connectivity index (χ0) is 19.7. The van der Waals surface area contributed by atoms with E-state index in [4.69, 9.17) is 9.47 Å². The zero-order valence-electron chi connectivity index (χ0n) is 16.6. The van der Waals surface area contributed by atoms with E-state index < -0.39 is 0 Å². The number of esters is 1. The molecule has 28 heavy (non-hydrogen) atoms. The van der Waals surface area contributed by atoms with Crippen LogP contribution in [-0.4, -0.2) is 35.8 Å². The van der Waals surface area contributed by atoms with E-state index in [-0.39, 0.29) is 12.0 Å². The molecule has 0 radical (unpaired) electrons. The standard InChI is InChI=1S/C23H26N2O3/c1-15(17-8-11-28-12-9-17)25-16(2)22(23(26)27-3)20-7-6-18(13-21(20)25)19-5-4-10-24-14-19/h4-7,10,13-15,17H,8-9,11-12H2,1-3H3. The van der Waals surface area contributed by atoms with Crippen molar-refractivity contribution < 1.29 is 14.3 Å². The van der Waals surface area contributed by atoms with E-state index in [1.807, 2.05) is 25.3 Å².